The van der Waals surface area contributed by atoms with E-state index < -0.39 is 6.04 Å². The van der Waals surface area contributed by atoms with E-state index in [9.17, 15) is 14.8 Å². The number of aliphatic hydroxyl groups excluding tert-OH is 1. The first-order valence-corrected chi connectivity index (χ1v) is 9.70. The summed E-state index contributed by atoms with van der Waals surface area (Å²) in [7, 11) is 0. The fourth-order valence-corrected chi connectivity index (χ4v) is 3.06. The average molecular weight is 410 g/mol. The minimum Gasteiger partial charge on any atom is -0.395 e. The second kappa shape index (κ2) is 8.58. The van der Waals surface area contributed by atoms with Gasteiger partial charge in [-0.05, 0) is 62.9 Å². The molecule has 158 valence electrons. The molecule has 3 aromatic heterocycles. The van der Waals surface area contributed by atoms with Gasteiger partial charge in [0.1, 0.15) is 23.5 Å². The summed E-state index contributed by atoms with van der Waals surface area (Å²) >= 11 is 0. The number of anilines is 3. The molecule has 0 radical (unpaired) electrons. The van der Waals surface area contributed by atoms with Crippen LogP contribution < -0.4 is 16.2 Å². The molecular weight excluding hydrogens is 384 g/mol. The normalized spacial score (nSPS) is 12.6. The molecule has 3 heterocycles. The lowest BCUT2D eigenvalue weighted by atomic mass is 10.1. The van der Waals surface area contributed by atoms with Crippen LogP contribution in [0.15, 0.2) is 46.6 Å². The van der Waals surface area contributed by atoms with Crippen LogP contribution in [-0.2, 0) is 6.54 Å². The molecule has 0 saturated heterocycles. The summed E-state index contributed by atoms with van der Waals surface area (Å²) in [5.74, 6) is 1.47. The van der Waals surface area contributed by atoms with Crippen molar-refractivity contribution in [2.45, 2.75) is 45.8 Å². The first-order chi connectivity index (χ1) is 14.2. The molecule has 0 aliphatic heterocycles. The second-order valence-electron chi connectivity index (χ2n) is 8.11. The molecule has 30 heavy (non-hydrogen) atoms. The number of pyridine rings is 3. The quantitative estimate of drug-likeness (QED) is 0.509. The number of hydrogen-bond acceptors (Lipinski definition) is 8. The van der Waals surface area contributed by atoms with Gasteiger partial charge in [0.25, 0.3) is 5.56 Å². The van der Waals surface area contributed by atoms with Crippen LogP contribution in [0.1, 0.15) is 39.3 Å². The maximum absolute atomic E-state index is 12.9. The third kappa shape index (κ3) is 4.80. The van der Waals surface area contributed by atoms with Crippen molar-refractivity contribution in [3.8, 4) is 0 Å². The second-order valence-corrected chi connectivity index (χ2v) is 8.11. The lowest BCUT2D eigenvalue weighted by Gasteiger charge is -2.23. The SMILES string of the molecule is CC(N=O)c1ccnc(Nc2cc3ccn(CCO)c(=O)c3c(NC(C)(C)C)n2)c1. The summed E-state index contributed by atoms with van der Waals surface area (Å²) < 4.78 is 1.46. The molecule has 0 aliphatic carbocycles. The number of hydrogen-bond donors (Lipinski definition) is 3. The van der Waals surface area contributed by atoms with E-state index >= 15 is 0 Å². The zero-order valence-corrected chi connectivity index (χ0v) is 17.5. The molecular formula is C21H26N6O3. The summed E-state index contributed by atoms with van der Waals surface area (Å²) in [4.78, 5) is 32.7. The molecule has 0 spiro atoms. The van der Waals surface area contributed by atoms with E-state index in [1.54, 1.807) is 37.5 Å². The number of fused-ring (bicyclic) bond motifs is 1. The van der Waals surface area contributed by atoms with Crippen molar-refractivity contribution < 1.29 is 5.11 Å². The summed E-state index contributed by atoms with van der Waals surface area (Å²) in [5, 5.41) is 19.9. The van der Waals surface area contributed by atoms with Crippen LogP contribution in [0, 0.1) is 4.91 Å². The van der Waals surface area contributed by atoms with Crippen LogP contribution in [0.4, 0.5) is 17.5 Å². The van der Waals surface area contributed by atoms with Crippen molar-refractivity contribution in [1.29, 1.82) is 0 Å². The first-order valence-electron chi connectivity index (χ1n) is 9.70. The van der Waals surface area contributed by atoms with E-state index in [1.807, 2.05) is 26.8 Å². The van der Waals surface area contributed by atoms with Crippen molar-refractivity contribution in [3.63, 3.8) is 0 Å². The van der Waals surface area contributed by atoms with E-state index in [2.05, 4.69) is 25.8 Å². The van der Waals surface area contributed by atoms with Gasteiger partial charge in [0.15, 0.2) is 0 Å². The van der Waals surface area contributed by atoms with Gasteiger partial charge >= 0.3 is 0 Å². The van der Waals surface area contributed by atoms with Crippen LogP contribution in [0.2, 0.25) is 0 Å². The number of rotatable bonds is 7. The zero-order chi connectivity index (χ0) is 21.9. The summed E-state index contributed by atoms with van der Waals surface area (Å²) in [6.45, 7) is 7.74. The number of aromatic nitrogens is 3. The Morgan fingerprint density at radius 1 is 1.23 bits per heavy atom. The van der Waals surface area contributed by atoms with E-state index in [0.29, 0.717) is 28.2 Å². The lowest BCUT2D eigenvalue weighted by molar-refractivity contribution is 0.274. The Bertz CT molecular complexity index is 1120. The molecule has 3 aromatic rings. The number of nitroso groups, excluding NO2 is 1. The molecule has 1 unspecified atom stereocenters. The maximum atomic E-state index is 12.9. The number of nitrogens with zero attached hydrogens (tertiary/aromatic N) is 4. The van der Waals surface area contributed by atoms with Gasteiger partial charge in [-0.15, -0.1) is 0 Å². The molecule has 0 fully saturated rings. The Morgan fingerprint density at radius 2 is 2.00 bits per heavy atom. The fraction of sp³-hybridized carbons (Fsp3) is 0.381. The van der Waals surface area contributed by atoms with Gasteiger partial charge in [0, 0.05) is 24.5 Å². The highest BCUT2D eigenvalue weighted by Crippen LogP contribution is 2.27. The van der Waals surface area contributed by atoms with E-state index in [0.717, 1.165) is 5.56 Å². The van der Waals surface area contributed by atoms with Crippen molar-refractivity contribution >= 4 is 28.2 Å². The van der Waals surface area contributed by atoms with Crippen LogP contribution in [0.5, 0.6) is 0 Å². The summed E-state index contributed by atoms with van der Waals surface area (Å²) in [6.07, 6.45) is 3.25. The number of nitrogens with one attached hydrogen (secondary N) is 2. The van der Waals surface area contributed by atoms with Crippen molar-refractivity contribution in [1.82, 2.24) is 14.5 Å². The molecule has 9 nitrogen and oxygen atoms in total. The molecule has 0 amide bonds. The highest BCUT2D eigenvalue weighted by molar-refractivity contribution is 5.93. The van der Waals surface area contributed by atoms with Crippen molar-refractivity contribution in [2.75, 3.05) is 17.2 Å². The molecule has 0 aromatic carbocycles. The zero-order valence-electron chi connectivity index (χ0n) is 17.5. The highest BCUT2D eigenvalue weighted by atomic mass is 16.3. The monoisotopic (exact) mass is 410 g/mol. The van der Waals surface area contributed by atoms with Gasteiger partial charge in [0.05, 0.1) is 12.0 Å². The van der Waals surface area contributed by atoms with E-state index in [-0.39, 0.29) is 24.2 Å². The van der Waals surface area contributed by atoms with Gasteiger partial charge in [-0.25, -0.2) is 9.97 Å². The third-order valence-electron chi connectivity index (χ3n) is 4.47. The fourth-order valence-electron chi connectivity index (χ4n) is 3.06. The van der Waals surface area contributed by atoms with Crippen molar-refractivity contribution in [2.24, 2.45) is 5.18 Å². The van der Waals surface area contributed by atoms with Gasteiger partial charge in [-0.1, -0.05) is 5.18 Å². The van der Waals surface area contributed by atoms with Crippen molar-refractivity contribution in [3.05, 3.63) is 57.5 Å². The Kier molecular flexibility index (Phi) is 6.12. The smallest absolute Gasteiger partial charge is 0.262 e. The molecule has 9 heteroatoms. The lowest BCUT2D eigenvalue weighted by Crippen LogP contribution is -2.29. The molecule has 3 rings (SSSR count). The van der Waals surface area contributed by atoms with E-state index in [4.69, 9.17) is 0 Å². The van der Waals surface area contributed by atoms with Gasteiger partial charge < -0.3 is 20.3 Å². The van der Waals surface area contributed by atoms with Gasteiger partial charge in [0.2, 0.25) is 0 Å². The minimum atomic E-state index is -0.485. The Hall–Kier alpha value is -3.33. The first kappa shape index (κ1) is 21.4. The maximum Gasteiger partial charge on any atom is 0.262 e. The summed E-state index contributed by atoms with van der Waals surface area (Å²) in [6, 6.07) is 6.58. The van der Waals surface area contributed by atoms with E-state index in [1.165, 1.54) is 4.57 Å². The topological polar surface area (TPSA) is 122 Å². The standard InChI is InChI=1S/C21H26N6O3/c1-13(26-30)14-5-7-22-16(11-14)23-17-12-15-6-8-27(9-10-28)20(29)18(15)19(24-17)25-21(2,3)4/h5-8,11-13,28H,9-10H2,1-4H3,(H2,22,23,24,25). The molecule has 0 aliphatic rings. The van der Waals surface area contributed by atoms with Crippen LogP contribution in [-0.4, -0.2) is 31.8 Å². The number of aliphatic hydroxyl groups is 1. The Morgan fingerprint density at radius 3 is 2.67 bits per heavy atom. The Labute approximate surface area is 174 Å². The van der Waals surface area contributed by atoms with Crippen LogP contribution >= 0.6 is 0 Å². The highest BCUT2D eigenvalue weighted by Gasteiger charge is 2.17. The largest absolute Gasteiger partial charge is 0.395 e. The minimum absolute atomic E-state index is 0.128. The molecule has 3 N–H and O–H groups in total. The van der Waals surface area contributed by atoms with Crippen LogP contribution in [0.25, 0.3) is 10.8 Å². The average Bonchev–Trinajstić information content (AvgIpc) is 2.68. The molecule has 0 bridgehead atoms. The molecule has 1 atom stereocenters. The Balaban J connectivity index is 2.09. The predicted octanol–water partition coefficient (Wildman–Crippen LogP) is 3.57. The summed E-state index contributed by atoms with van der Waals surface area (Å²) in [5.41, 5.74) is 0.188. The third-order valence-corrected chi connectivity index (χ3v) is 4.47. The van der Waals surface area contributed by atoms with Crippen LogP contribution in [0.3, 0.4) is 0 Å². The molecule has 0 saturated carbocycles. The van der Waals surface area contributed by atoms with Gasteiger partial charge in [-0.3, -0.25) is 4.79 Å². The van der Waals surface area contributed by atoms with Gasteiger partial charge in [-0.2, -0.15) is 4.91 Å². The predicted molar refractivity (Wildman–Crippen MR) is 118 cm³/mol.